The molecule has 2 heteroatoms. The highest BCUT2D eigenvalue weighted by atomic mass is 14.9. The van der Waals surface area contributed by atoms with Crippen molar-refractivity contribution in [3.05, 3.63) is 30.0 Å². The summed E-state index contributed by atoms with van der Waals surface area (Å²) in [6.45, 7) is 2.03. The first kappa shape index (κ1) is 7.22. The molecule has 12 heavy (non-hydrogen) atoms. The molecular weight excluding hydrogens is 148 g/mol. The first-order valence-electron chi connectivity index (χ1n) is 3.99. The Kier molecular flexibility index (Phi) is 1.37. The van der Waals surface area contributed by atoms with E-state index in [4.69, 9.17) is 5.73 Å². The highest BCUT2D eigenvalue weighted by molar-refractivity contribution is 5.84. The van der Waals surface area contributed by atoms with Crippen molar-refractivity contribution < 1.29 is 0 Å². The van der Waals surface area contributed by atoms with E-state index in [1.54, 1.807) is 0 Å². The minimum atomic E-state index is 0.865. The van der Waals surface area contributed by atoms with Crippen LogP contribution in [0.25, 0.3) is 10.9 Å². The summed E-state index contributed by atoms with van der Waals surface area (Å²) in [5.41, 5.74) is 9.01. The molecule has 0 saturated heterocycles. The normalized spacial score (nSPS) is 10.8. The first-order chi connectivity index (χ1) is 5.68. The van der Waals surface area contributed by atoms with Gasteiger partial charge in [0, 0.05) is 24.4 Å². The molecule has 0 aliphatic rings. The minimum Gasteiger partial charge on any atom is -0.398 e. The Morgan fingerprint density at radius 1 is 1.33 bits per heavy atom. The average molecular weight is 160 g/mol. The van der Waals surface area contributed by atoms with E-state index in [-0.39, 0.29) is 0 Å². The van der Waals surface area contributed by atoms with Gasteiger partial charge < -0.3 is 10.3 Å². The monoisotopic (exact) mass is 160 g/mol. The zero-order chi connectivity index (χ0) is 8.72. The van der Waals surface area contributed by atoms with E-state index in [2.05, 4.69) is 16.7 Å². The standard InChI is InChI=1S/C10H12N2/c1-7-5-8-3-4-12(2)10(8)6-9(7)11/h3-6H,11H2,1-2H3. The van der Waals surface area contributed by atoms with E-state index < -0.39 is 0 Å². The third-order valence-electron chi connectivity index (χ3n) is 2.27. The fourth-order valence-corrected chi connectivity index (χ4v) is 1.45. The quantitative estimate of drug-likeness (QED) is 0.587. The van der Waals surface area contributed by atoms with E-state index in [1.807, 2.05) is 26.2 Å². The number of hydrogen-bond acceptors (Lipinski definition) is 1. The summed E-state index contributed by atoms with van der Waals surface area (Å²) in [7, 11) is 2.02. The van der Waals surface area contributed by atoms with Crippen molar-refractivity contribution in [1.29, 1.82) is 0 Å². The Morgan fingerprint density at radius 2 is 2.08 bits per heavy atom. The van der Waals surface area contributed by atoms with Crippen LogP contribution in [-0.4, -0.2) is 4.57 Å². The predicted molar refractivity (Wildman–Crippen MR) is 52.1 cm³/mol. The van der Waals surface area contributed by atoms with Crippen LogP contribution in [0.4, 0.5) is 5.69 Å². The van der Waals surface area contributed by atoms with Crippen LogP contribution < -0.4 is 5.73 Å². The van der Waals surface area contributed by atoms with Crippen LogP contribution in [0.5, 0.6) is 0 Å². The van der Waals surface area contributed by atoms with Gasteiger partial charge in [0.05, 0.1) is 0 Å². The van der Waals surface area contributed by atoms with Crippen LogP contribution in [-0.2, 0) is 7.05 Å². The molecule has 2 N–H and O–H groups in total. The molecule has 0 aliphatic heterocycles. The highest BCUT2D eigenvalue weighted by Gasteiger charge is 2.00. The number of nitrogens with zero attached hydrogens (tertiary/aromatic N) is 1. The van der Waals surface area contributed by atoms with E-state index in [9.17, 15) is 0 Å². The first-order valence-corrected chi connectivity index (χ1v) is 3.99. The zero-order valence-electron chi connectivity index (χ0n) is 7.33. The summed E-state index contributed by atoms with van der Waals surface area (Å²) < 4.78 is 2.07. The van der Waals surface area contributed by atoms with Crippen molar-refractivity contribution in [1.82, 2.24) is 4.57 Å². The summed E-state index contributed by atoms with van der Waals surface area (Å²) in [4.78, 5) is 0. The summed E-state index contributed by atoms with van der Waals surface area (Å²) >= 11 is 0. The number of nitrogens with two attached hydrogens (primary N) is 1. The van der Waals surface area contributed by atoms with Gasteiger partial charge in [-0.05, 0) is 36.1 Å². The summed E-state index contributed by atoms with van der Waals surface area (Å²) in [6, 6.07) is 6.23. The molecule has 0 unspecified atom stereocenters. The van der Waals surface area contributed by atoms with Crippen LogP contribution in [0.15, 0.2) is 24.4 Å². The molecule has 1 aromatic heterocycles. The molecule has 0 saturated carbocycles. The van der Waals surface area contributed by atoms with Gasteiger partial charge in [0.1, 0.15) is 0 Å². The fourth-order valence-electron chi connectivity index (χ4n) is 1.45. The largest absolute Gasteiger partial charge is 0.398 e. The van der Waals surface area contributed by atoms with E-state index >= 15 is 0 Å². The van der Waals surface area contributed by atoms with E-state index in [1.165, 1.54) is 10.9 Å². The minimum absolute atomic E-state index is 0.865. The second-order valence-corrected chi connectivity index (χ2v) is 3.19. The lowest BCUT2D eigenvalue weighted by Crippen LogP contribution is -1.91. The molecule has 1 aromatic carbocycles. The van der Waals surface area contributed by atoms with Gasteiger partial charge in [-0.3, -0.25) is 0 Å². The third-order valence-corrected chi connectivity index (χ3v) is 2.27. The second kappa shape index (κ2) is 2.27. The van der Waals surface area contributed by atoms with Gasteiger partial charge >= 0.3 is 0 Å². The molecule has 0 bridgehead atoms. The number of fused-ring (bicyclic) bond motifs is 1. The molecule has 62 valence electrons. The maximum absolute atomic E-state index is 5.80. The third kappa shape index (κ3) is 0.881. The summed E-state index contributed by atoms with van der Waals surface area (Å²) in [6.07, 6.45) is 2.05. The van der Waals surface area contributed by atoms with Crippen molar-refractivity contribution in [2.75, 3.05) is 5.73 Å². The Bertz CT molecular complexity index is 427. The number of benzene rings is 1. The van der Waals surface area contributed by atoms with E-state index in [0.717, 1.165) is 11.3 Å². The number of nitrogen functional groups attached to an aromatic ring is 1. The lowest BCUT2D eigenvalue weighted by molar-refractivity contribution is 0.969. The Labute approximate surface area is 71.6 Å². The number of rotatable bonds is 0. The van der Waals surface area contributed by atoms with Gasteiger partial charge in [-0.1, -0.05) is 0 Å². The molecule has 0 fully saturated rings. The summed E-state index contributed by atoms with van der Waals surface area (Å²) in [5, 5.41) is 1.25. The van der Waals surface area contributed by atoms with Crippen molar-refractivity contribution in [3.63, 3.8) is 0 Å². The molecule has 0 atom stereocenters. The molecule has 2 aromatic rings. The molecule has 0 radical (unpaired) electrons. The molecule has 1 heterocycles. The van der Waals surface area contributed by atoms with Gasteiger partial charge in [0.2, 0.25) is 0 Å². The number of hydrogen-bond donors (Lipinski definition) is 1. The second-order valence-electron chi connectivity index (χ2n) is 3.19. The van der Waals surface area contributed by atoms with Crippen LogP contribution in [0.1, 0.15) is 5.56 Å². The van der Waals surface area contributed by atoms with Gasteiger partial charge in [0.15, 0.2) is 0 Å². The maximum Gasteiger partial charge on any atom is 0.0498 e. The lowest BCUT2D eigenvalue weighted by atomic mass is 10.1. The topological polar surface area (TPSA) is 30.9 Å². The van der Waals surface area contributed by atoms with Crippen molar-refractivity contribution >= 4 is 16.6 Å². The Hall–Kier alpha value is -1.44. The zero-order valence-corrected chi connectivity index (χ0v) is 7.33. The van der Waals surface area contributed by atoms with Crippen LogP contribution >= 0.6 is 0 Å². The smallest absolute Gasteiger partial charge is 0.0498 e. The maximum atomic E-state index is 5.80. The lowest BCUT2D eigenvalue weighted by Gasteiger charge is -2.01. The number of aromatic nitrogens is 1. The van der Waals surface area contributed by atoms with Crippen LogP contribution in [0, 0.1) is 6.92 Å². The van der Waals surface area contributed by atoms with Gasteiger partial charge in [0.25, 0.3) is 0 Å². The molecule has 2 rings (SSSR count). The number of anilines is 1. The Balaban J connectivity index is 2.87. The fraction of sp³-hybridized carbons (Fsp3) is 0.200. The number of aryl methyl sites for hydroxylation is 2. The van der Waals surface area contributed by atoms with Crippen LogP contribution in [0.3, 0.4) is 0 Å². The summed E-state index contributed by atoms with van der Waals surface area (Å²) in [5.74, 6) is 0. The Morgan fingerprint density at radius 3 is 2.83 bits per heavy atom. The van der Waals surface area contributed by atoms with Gasteiger partial charge in [-0.2, -0.15) is 0 Å². The molecule has 0 aliphatic carbocycles. The van der Waals surface area contributed by atoms with Crippen molar-refractivity contribution in [2.24, 2.45) is 7.05 Å². The van der Waals surface area contributed by atoms with Crippen molar-refractivity contribution in [3.8, 4) is 0 Å². The molecule has 0 amide bonds. The highest BCUT2D eigenvalue weighted by Crippen LogP contribution is 2.21. The van der Waals surface area contributed by atoms with Crippen molar-refractivity contribution in [2.45, 2.75) is 6.92 Å². The van der Waals surface area contributed by atoms with Gasteiger partial charge in [-0.15, -0.1) is 0 Å². The molecule has 0 spiro atoms. The average Bonchev–Trinajstić information content (AvgIpc) is 2.35. The van der Waals surface area contributed by atoms with E-state index in [0.29, 0.717) is 0 Å². The molecular formula is C10H12N2. The predicted octanol–water partition coefficient (Wildman–Crippen LogP) is 2.07. The van der Waals surface area contributed by atoms with Gasteiger partial charge in [-0.25, -0.2) is 0 Å². The SMILES string of the molecule is Cc1cc2ccn(C)c2cc1N. The molecule has 2 nitrogen and oxygen atoms in total. The van der Waals surface area contributed by atoms with Crippen LogP contribution in [0.2, 0.25) is 0 Å².